The van der Waals surface area contributed by atoms with Crippen molar-refractivity contribution in [2.45, 2.75) is 18.6 Å². The SMILES string of the molecule is CSC(C)CCNc1cc(F)cc([N+](=O)[O-])c1. The zero-order chi connectivity index (χ0) is 12.8. The molecule has 0 aliphatic heterocycles. The lowest BCUT2D eigenvalue weighted by atomic mass is 10.2. The van der Waals surface area contributed by atoms with E-state index in [2.05, 4.69) is 12.2 Å². The molecule has 6 heteroatoms. The average molecular weight is 258 g/mol. The van der Waals surface area contributed by atoms with Gasteiger partial charge in [0.15, 0.2) is 0 Å². The van der Waals surface area contributed by atoms with Crippen LogP contribution in [0.1, 0.15) is 13.3 Å². The van der Waals surface area contributed by atoms with Gasteiger partial charge in [-0.15, -0.1) is 0 Å². The van der Waals surface area contributed by atoms with Crippen LogP contribution in [0.5, 0.6) is 0 Å². The first-order valence-corrected chi connectivity index (χ1v) is 6.53. The molecule has 0 aliphatic carbocycles. The number of nitrogens with one attached hydrogen (secondary N) is 1. The summed E-state index contributed by atoms with van der Waals surface area (Å²) in [6.45, 7) is 2.77. The summed E-state index contributed by atoms with van der Waals surface area (Å²) in [4.78, 5) is 9.94. The van der Waals surface area contributed by atoms with Crippen LogP contribution in [0.4, 0.5) is 15.8 Å². The van der Waals surface area contributed by atoms with Crippen LogP contribution in [-0.2, 0) is 0 Å². The minimum Gasteiger partial charge on any atom is -0.385 e. The van der Waals surface area contributed by atoms with Gasteiger partial charge in [0.05, 0.1) is 11.0 Å². The molecule has 0 fully saturated rings. The fourth-order valence-corrected chi connectivity index (χ4v) is 1.67. The van der Waals surface area contributed by atoms with E-state index >= 15 is 0 Å². The number of halogens is 1. The smallest absolute Gasteiger partial charge is 0.274 e. The molecule has 17 heavy (non-hydrogen) atoms. The Morgan fingerprint density at radius 1 is 1.53 bits per heavy atom. The highest BCUT2D eigenvalue weighted by atomic mass is 32.2. The van der Waals surface area contributed by atoms with Crippen molar-refractivity contribution >= 4 is 23.1 Å². The summed E-state index contributed by atoms with van der Waals surface area (Å²) in [6, 6.07) is 3.51. The van der Waals surface area contributed by atoms with Crippen molar-refractivity contribution in [3.8, 4) is 0 Å². The molecule has 0 aromatic heterocycles. The Morgan fingerprint density at radius 2 is 2.24 bits per heavy atom. The van der Waals surface area contributed by atoms with Gasteiger partial charge in [-0.1, -0.05) is 6.92 Å². The number of nitro benzene ring substituents is 1. The van der Waals surface area contributed by atoms with Gasteiger partial charge in [0.25, 0.3) is 5.69 Å². The molecule has 0 amide bonds. The number of nitro groups is 1. The largest absolute Gasteiger partial charge is 0.385 e. The van der Waals surface area contributed by atoms with E-state index in [4.69, 9.17) is 0 Å². The lowest BCUT2D eigenvalue weighted by Gasteiger charge is -2.10. The van der Waals surface area contributed by atoms with Gasteiger partial charge in [0.1, 0.15) is 5.82 Å². The van der Waals surface area contributed by atoms with E-state index in [0.29, 0.717) is 17.5 Å². The molecule has 0 saturated carbocycles. The maximum Gasteiger partial charge on any atom is 0.274 e. The van der Waals surface area contributed by atoms with Crippen LogP contribution >= 0.6 is 11.8 Å². The second-order valence-corrected chi connectivity index (χ2v) is 4.99. The molecule has 4 nitrogen and oxygen atoms in total. The van der Waals surface area contributed by atoms with Crippen LogP contribution < -0.4 is 5.32 Å². The summed E-state index contributed by atoms with van der Waals surface area (Å²) >= 11 is 1.75. The fraction of sp³-hybridized carbons (Fsp3) is 0.455. The lowest BCUT2D eigenvalue weighted by Crippen LogP contribution is -2.08. The Labute approximate surface area is 104 Å². The first-order chi connectivity index (χ1) is 8.02. The van der Waals surface area contributed by atoms with Gasteiger partial charge in [-0.05, 0) is 18.7 Å². The third-order valence-electron chi connectivity index (χ3n) is 2.38. The summed E-state index contributed by atoms with van der Waals surface area (Å²) in [5.74, 6) is -0.598. The van der Waals surface area contributed by atoms with Crippen LogP contribution in [0.3, 0.4) is 0 Å². The maximum atomic E-state index is 13.1. The molecular formula is C11H15FN2O2S. The van der Waals surface area contributed by atoms with Crippen molar-refractivity contribution in [1.29, 1.82) is 0 Å². The number of non-ortho nitro benzene ring substituents is 1. The molecule has 0 bridgehead atoms. The molecule has 0 radical (unpaired) electrons. The summed E-state index contributed by atoms with van der Waals surface area (Å²) < 4.78 is 13.1. The van der Waals surface area contributed by atoms with Gasteiger partial charge < -0.3 is 5.32 Å². The minimum absolute atomic E-state index is 0.231. The zero-order valence-electron chi connectivity index (χ0n) is 9.77. The van der Waals surface area contributed by atoms with Gasteiger partial charge in [0, 0.05) is 23.5 Å². The molecule has 0 spiro atoms. The topological polar surface area (TPSA) is 55.2 Å². The van der Waals surface area contributed by atoms with Gasteiger partial charge >= 0.3 is 0 Å². The molecule has 0 heterocycles. The second-order valence-electron chi connectivity index (χ2n) is 3.72. The normalized spacial score (nSPS) is 12.2. The van der Waals surface area contributed by atoms with Gasteiger partial charge in [0.2, 0.25) is 0 Å². The third-order valence-corrected chi connectivity index (χ3v) is 3.42. The number of hydrogen-bond acceptors (Lipinski definition) is 4. The highest BCUT2D eigenvalue weighted by molar-refractivity contribution is 7.99. The Morgan fingerprint density at radius 3 is 2.82 bits per heavy atom. The molecule has 94 valence electrons. The van der Waals surface area contributed by atoms with Crippen LogP contribution in [-0.4, -0.2) is 23.0 Å². The number of anilines is 1. The molecule has 1 aromatic carbocycles. The Balaban J connectivity index is 2.62. The first kappa shape index (κ1) is 13.8. The molecule has 1 aromatic rings. The van der Waals surface area contributed by atoms with Crippen molar-refractivity contribution in [2.75, 3.05) is 18.1 Å². The maximum absolute atomic E-state index is 13.1. The molecule has 0 saturated heterocycles. The van der Waals surface area contributed by atoms with E-state index in [-0.39, 0.29) is 5.69 Å². The fourth-order valence-electron chi connectivity index (χ4n) is 1.32. The number of nitrogens with zero attached hydrogens (tertiary/aromatic N) is 1. The molecule has 1 rings (SSSR count). The minimum atomic E-state index is -0.598. The van der Waals surface area contributed by atoms with Crippen molar-refractivity contribution in [3.05, 3.63) is 34.1 Å². The number of benzene rings is 1. The highest BCUT2D eigenvalue weighted by Crippen LogP contribution is 2.20. The second kappa shape index (κ2) is 6.44. The predicted molar refractivity (Wildman–Crippen MR) is 69.1 cm³/mol. The van der Waals surface area contributed by atoms with E-state index in [1.54, 1.807) is 11.8 Å². The summed E-state index contributed by atoms with van der Waals surface area (Å²) in [7, 11) is 0. The van der Waals surface area contributed by atoms with Crippen LogP contribution in [0.15, 0.2) is 18.2 Å². The Hall–Kier alpha value is -1.30. The first-order valence-electron chi connectivity index (χ1n) is 5.24. The number of hydrogen-bond donors (Lipinski definition) is 1. The van der Waals surface area contributed by atoms with Crippen LogP contribution in [0.25, 0.3) is 0 Å². The third kappa shape index (κ3) is 4.60. The molecule has 1 atom stereocenters. The van der Waals surface area contributed by atoms with Crippen molar-refractivity contribution < 1.29 is 9.31 Å². The average Bonchev–Trinajstić information content (AvgIpc) is 2.28. The van der Waals surface area contributed by atoms with Crippen LogP contribution in [0, 0.1) is 15.9 Å². The van der Waals surface area contributed by atoms with Crippen molar-refractivity contribution in [2.24, 2.45) is 0 Å². The van der Waals surface area contributed by atoms with Gasteiger partial charge in [-0.25, -0.2) is 4.39 Å². The summed E-state index contributed by atoms with van der Waals surface area (Å²) in [5.41, 5.74) is 0.218. The van der Waals surface area contributed by atoms with E-state index in [1.807, 2.05) is 6.26 Å². The molecule has 1 N–H and O–H groups in total. The Kier molecular flexibility index (Phi) is 5.21. The monoisotopic (exact) mass is 258 g/mol. The zero-order valence-corrected chi connectivity index (χ0v) is 10.6. The van der Waals surface area contributed by atoms with E-state index < -0.39 is 10.7 Å². The van der Waals surface area contributed by atoms with Gasteiger partial charge in [-0.3, -0.25) is 10.1 Å². The lowest BCUT2D eigenvalue weighted by molar-refractivity contribution is -0.385. The number of rotatable bonds is 6. The van der Waals surface area contributed by atoms with Crippen LogP contribution in [0.2, 0.25) is 0 Å². The molecular weight excluding hydrogens is 243 g/mol. The van der Waals surface area contributed by atoms with E-state index in [1.165, 1.54) is 12.1 Å². The standard InChI is InChI=1S/C11H15FN2O2S/c1-8(17-2)3-4-13-10-5-9(12)6-11(7-10)14(15)16/h5-8,13H,3-4H2,1-2H3. The van der Waals surface area contributed by atoms with Crippen molar-refractivity contribution in [3.63, 3.8) is 0 Å². The summed E-state index contributed by atoms with van der Waals surface area (Å²) in [5, 5.41) is 14.0. The molecule has 1 unspecified atom stereocenters. The quantitative estimate of drug-likeness (QED) is 0.628. The highest BCUT2D eigenvalue weighted by Gasteiger charge is 2.09. The predicted octanol–water partition coefficient (Wildman–Crippen LogP) is 3.29. The Bertz CT molecular complexity index is 401. The van der Waals surface area contributed by atoms with E-state index in [0.717, 1.165) is 12.5 Å². The van der Waals surface area contributed by atoms with E-state index in [9.17, 15) is 14.5 Å². The number of thioether (sulfide) groups is 1. The van der Waals surface area contributed by atoms with Crippen molar-refractivity contribution in [1.82, 2.24) is 0 Å². The molecule has 0 aliphatic rings. The summed E-state index contributed by atoms with van der Waals surface area (Å²) in [6.07, 6.45) is 2.95. The van der Waals surface area contributed by atoms with Gasteiger partial charge in [-0.2, -0.15) is 11.8 Å².